The number of carbonyl (C=O) groups is 3. The van der Waals surface area contributed by atoms with Crippen LogP contribution in [-0.4, -0.2) is 47.4 Å². The van der Waals surface area contributed by atoms with E-state index in [1.54, 1.807) is 4.90 Å². The molecule has 1 saturated carbocycles. The highest BCUT2D eigenvalue weighted by molar-refractivity contribution is 5.94. The van der Waals surface area contributed by atoms with Gasteiger partial charge in [-0.25, -0.2) is 4.39 Å². The molecule has 7 heteroatoms. The summed E-state index contributed by atoms with van der Waals surface area (Å²) in [6, 6.07) is 5.35. The molecule has 6 nitrogen and oxygen atoms in total. The predicted molar refractivity (Wildman–Crippen MR) is 87.3 cm³/mol. The molecule has 0 aromatic heterocycles. The minimum atomic E-state index is -0.871. The van der Waals surface area contributed by atoms with E-state index >= 15 is 0 Å². The fraction of sp³-hybridized carbons (Fsp3) is 0.500. The van der Waals surface area contributed by atoms with Gasteiger partial charge < -0.3 is 15.3 Å². The van der Waals surface area contributed by atoms with Crippen LogP contribution in [0, 0.1) is 17.2 Å². The van der Waals surface area contributed by atoms with Crippen LogP contribution in [0.15, 0.2) is 24.3 Å². The third-order valence-electron chi connectivity index (χ3n) is 5.08. The van der Waals surface area contributed by atoms with Crippen molar-refractivity contribution in [2.45, 2.75) is 25.7 Å². The Kier molecular flexibility index (Phi) is 4.74. The summed E-state index contributed by atoms with van der Waals surface area (Å²) in [6.07, 6.45) is 2.54. The molecule has 25 heavy (non-hydrogen) atoms. The summed E-state index contributed by atoms with van der Waals surface area (Å²) in [6.45, 7) is 0.991. The lowest BCUT2D eigenvalue weighted by atomic mass is 9.96. The second-order valence-corrected chi connectivity index (χ2v) is 6.90. The maximum Gasteiger partial charge on any atom is 0.311 e. The van der Waals surface area contributed by atoms with Gasteiger partial charge in [-0.1, -0.05) is 0 Å². The van der Waals surface area contributed by atoms with E-state index in [9.17, 15) is 18.8 Å². The SMILES string of the molecule is O=C(NCC1(C(=O)O)CC1)C1CCCN(C(=O)c2ccc(F)cc2)C1. The number of carbonyl (C=O) groups excluding carboxylic acids is 2. The van der Waals surface area contributed by atoms with Crippen molar-refractivity contribution in [3.63, 3.8) is 0 Å². The molecule has 3 rings (SSSR count). The Morgan fingerprint density at radius 1 is 1.24 bits per heavy atom. The Morgan fingerprint density at radius 3 is 2.52 bits per heavy atom. The number of rotatable bonds is 5. The fourth-order valence-electron chi connectivity index (χ4n) is 3.17. The van der Waals surface area contributed by atoms with Crippen molar-refractivity contribution in [3.05, 3.63) is 35.6 Å². The van der Waals surface area contributed by atoms with Crippen molar-refractivity contribution in [2.75, 3.05) is 19.6 Å². The highest BCUT2D eigenvalue weighted by atomic mass is 19.1. The van der Waals surface area contributed by atoms with Crippen molar-refractivity contribution >= 4 is 17.8 Å². The third kappa shape index (κ3) is 3.81. The zero-order valence-corrected chi connectivity index (χ0v) is 13.8. The maximum absolute atomic E-state index is 13.0. The molecule has 2 fully saturated rings. The van der Waals surface area contributed by atoms with Crippen molar-refractivity contribution in [1.82, 2.24) is 10.2 Å². The van der Waals surface area contributed by atoms with E-state index in [1.807, 2.05) is 0 Å². The molecule has 0 spiro atoms. The molecule has 1 aromatic rings. The molecule has 134 valence electrons. The first kappa shape index (κ1) is 17.4. The highest BCUT2D eigenvalue weighted by Crippen LogP contribution is 2.45. The molecule has 2 N–H and O–H groups in total. The Labute approximate surface area is 145 Å². The summed E-state index contributed by atoms with van der Waals surface area (Å²) < 4.78 is 13.0. The molecule has 1 aliphatic heterocycles. The number of piperidine rings is 1. The predicted octanol–water partition coefficient (Wildman–Crippen LogP) is 1.66. The van der Waals surface area contributed by atoms with Crippen LogP contribution in [0.5, 0.6) is 0 Å². The van der Waals surface area contributed by atoms with Crippen LogP contribution in [-0.2, 0) is 9.59 Å². The molecule has 1 saturated heterocycles. The zero-order chi connectivity index (χ0) is 18.0. The number of hydrogen-bond donors (Lipinski definition) is 2. The standard InChI is InChI=1S/C18H21FN2O4/c19-14-5-3-12(4-6-14)16(23)21-9-1-2-13(10-21)15(22)20-11-18(7-8-18)17(24)25/h3-6,13H,1-2,7-11H2,(H,20,22)(H,24,25). The average molecular weight is 348 g/mol. The molecule has 1 atom stereocenters. The third-order valence-corrected chi connectivity index (χ3v) is 5.08. The minimum Gasteiger partial charge on any atom is -0.481 e. The molecule has 0 bridgehead atoms. The first-order valence-electron chi connectivity index (χ1n) is 8.47. The lowest BCUT2D eigenvalue weighted by Gasteiger charge is -2.32. The maximum atomic E-state index is 13.0. The molecular formula is C18H21FN2O4. The van der Waals surface area contributed by atoms with Gasteiger partial charge in [-0.15, -0.1) is 0 Å². The van der Waals surface area contributed by atoms with Gasteiger partial charge in [0.15, 0.2) is 0 Å². The quantitative estimate of drug-likeness (QED) is 0.847. The van der Waals surface area contributed by atoms with Crippen LogP contribution in [0.1, 0.15) is 36.0 Å². The highest BCUT2D eigenvalue weighted by Gasteiger charge is 2.50. The van der Waals surface area contributed by atoms with Gasteiger partial charge in [0.05, 0.1) is 11.3 Å². The monoisotopic (exact) mass is 348 g/mol. The van der Waals surface area contributed by atoms with Crippen molar-refractivity contribution in [2.24, 2.45) is 11.3 Å². The van der Waals surface area contributed by atoms with Crippen LogP contribution in [0.25, 0.3) is 0 Å². The summed E-state index contributed by atoms with van der Waals surface area (Å²) in [5.74, 6) is -2.04. The summed E-state index contributed by atoms with van der Waals surface area (Å²) >= 11 is 0. The Balaban J connectivity index is 1.57. The van der Waals surface area contributed by atoms with E-state index in [-0.39, 0.29) is 24.3 Å². The molecule has 2 amide bonds. The van der Waals surface area contributed by atoms with Crippen LogP contribution in [0.2, 0.25) is 0 Å². The molecule has 0 radical (unpaired) electrons. The van der Waals surface area contributed by atoms with Crippen LogP contribution >= 0.6 is 0 Å². The Hall–Kier alpha value is -2.44. The number of carboxylic acid groups (broad SMARTS) is 1. The molecular weight excluding hydrogens is 327 g/mol. The lowest BCUT2D eigenvalue weighted by molar-refractivity contribution is -0.143. The van der Waals surface area contributed by atoms with Gasteiger partial charge in [0.2, 0.25) is 5.91 Å². The number of likely N-dealkylation sites (tertiary alicyclic amines) is 1. The van der Waals surface area contributed by atoms with E-state index in [1.165, 1.54) is 24.3 Å². The van der Waals surface area contributed by atoms with E-state index in [0.29, 0.717) is 44.3 Å². The number of nitrogens with one attached hydrogen (secondary N) is 1. The van der Waals surface area contributed by atoms with Gasteiger partial charge >= 0.3 is 5.97 Å². The van der Waals surface area contributed by atoms with Crippen molar-refractivity contribution in [3.8, 4) is 0 Å². The summed E-state index contributed by atoms with van der Waals surface area (Å²) in [4.78, 5) is 37.6. The van der Waals surface area contributed by atoms with E-state index in [0.717, 1.165) is 0 Å². The number of benzene rings is 1. The normalized spacial score (nSPS) is 21.5. The number of nitrogens with zero attached hydrogens (tertiary/aromatic N) is 1. The fourth-order valence-corrected chi connectivity index (χ4v) is 3.17. The van der Waals surface area contributed by atoms with Crippen LogP contribution in [0.4, 0.5) is 4.39 Å². The van der Waals surface area contributed by atoms with Gasteiger partial charge in [0.1, 0.15) is 5.82 Å². The zero-order valence-electron chi connectivity index (χ0n) is 13.8. The van der Waals surface area contributed by atoms with Gasteiger partial charge in [0, 0.05) is 25.2 Å². The van der Waals surface area contributed by atoms with Gasteiger partial charge in [0.25, 0.3) is 5.91 Å². The largest absolute Gasteiger partial charge is 0.481 e. The first-order chi connectivity index (χ1) is 11.9. The van der Waals surface area contributed by atoms with E-state index < -0.39 is 17.2 Å². The smallest absolute Gasteiger partial charge is 0.311 e. The molecule has 1 heterocycles. The van der Waals surface area contributed by atoms with E-state index in [2.05, 4.69) is 5.32 Å². The number of halogens is 1. The minimum absolute atomic E-state index is 0.142. The second-order valence-electron chi connectivity index (χ2n) is 6.90. The Morgan fingerprint density at radius 2 is 1.92 bits per heavy atom. The number of carboxylic acids is 1. The topological polar surface area (TPSA) is 86.7 Å². The van der Waals surface area contributed by atoms with Crippen LogP contribution < -0.4 is 5.32 Å². The molecule has 1 aliphatic carbocycles. The number of amides is 2. The van der Waals surface area contributed by atoms with Gasteiger partial charge in [-0.05, 0) is 49.9 Å². The van der Waals surface area contributed by atoms with E-state index in [4.69, 9.17) is 5.11 Å². The summed E-state index contributed by atoms with van der Waals surface area (Å²) in [5, 5.41) is 11.9. The lowest BCUT2D eigenvalue weighted by Crippen LogP contribution is -2.46. The number of aliphatic carboxylic acids is 1. The van der Waals surface area contributed by atoms with Gasteiger partial charge in [-0.2, -0.15) is 0 Å². The first-order valence-corrected chi connectivity index (χ1v) is 8.47. The molecule has 1 unspecified atom stereocenters. The van der Waals surface area contributed by atoms with Crippen LogP contribution in [0.3, 0.4) is 0 Å². The average Bonchev–Trinajstić information content (AvgIpc) is 3.41. The van der Waals surface area contributed by atoms with Crippen molar-refractivity contribution < 1.29 is 23.9 Å². The summed E-state index contributed by atoms with van der Waals surface area (Å²) in [7, 11) is 0. The molecule has 2 aliphatic rings. The van der Waals surface area contributed by atoms with Crippen molar-refractivity contribution in [1.29, 1.82) is 0 Å². The second kappa shape index (κ2) is 6.82. The number of hydrogen-bond acceptors (Lipinski definition) is 3. The molecule has 1 aromatic carbocycles. The summed E-state index contributed by atoms with van der Waals surface area (Å²) in [5.41, 5.74) is -0.404. The van der Waals surface area contributed by atoms with Gasteiger partial charge in [-0.3, -0.25) is 14.4 Å². The Bertz CT molecular complexity index is 685.